The van der Waals surface area contributed by atoms with Crippen molar-refractivity contribution in [3.63, 3.8) is 0 Å². The van der Waals surface area contributed by atoms with Crippen LogP contribution in [0, 0.1) is 5.41 Å². The number of likely N-dealkylation sites (tertiary alicyclic amines) is 1. The molecular weight excluding hydrogens is 338 g/mol. The highest BCUT2D eigenvalue weighted by Crippen LogP contribution is 2.35. The predicted molar refractivity (Wildman–Crippen MR) is 106 cm³/mol. The summed E-state index contributed by atoms with van der Waals surface area (Å²) in [7, 11) is 1.68. The zero-order valence-corrected chi connectivity index (χ0v) is 16.1. The van der Waals surface area contributed by atoms with Crippen molar-refractivity contribution in [3.05, 3.63) is 54.4 Å². The van der Waals surface area contributed by atoms with Gasteiger partial charge in [-0.25, -0.2) is 0 Å². The summed E-state index contributed by atoms with van der Waals surface area (Å²) in [5.74, 6) is 0.138. The van der Waals surface area contributed by atoms with Gasteiger partial charge in [0.15, 0.2) is 0 Å². The third kappa shape index (κ3) is 4.18. The first kappa shape index (κ1) is 19.1. The lowest BCUT2D eigenvalue weighted by atomic mass is 9.74. The molecule has 27 heavy (non-hydrogen) atoms. The minimum Gasteiger partial charge on any atom is -0.359 e. The molecule has 0 bridgehead atoms. The molecule has 1 aromatic carbocycles. The summed E-state index contributed by atoms with van der Waals surface area (Å²) >= 11 is 0. The van der Waals surface area contributed by atoms with Crippen molar-refractivity contribution >= 4 is 11.8 Å². The number of nitrogens with one attached hydrogen (secondary N) is 1. The van der Waals surface area contributed by atoms with Gasteiger partial charge in [0.25, 0.3) is 0 Å². The van der Waals surface area contributed by atoms with Gasteiger partial charge in [0.2, 0.25) is 11.8 Å². The van der Waals surface area contributed by atoms with E-state index in [4.69, 9.17) is 0 Å². The van der Waals surface area contributed by atoms with Crippen LogP contribution in [0.15, 0.2) is 48.8 Å². The maximum absolute atomic E-state index is 12.8. The second-order valence-corrected chi connectivity index (χ2v) is 7.24. The van der Waals surface area contributed by atoms with E-state index in [0.717, 1.165) is 36.1 Å². The molecule has 1 aliphatic heterocycles. The van der Waals surface area contributed by atoms with Crippen LogP contribution in [-0.2, 0) is 16.0 Å². The molecular formula is C22H27N3O2. The average molecular weight is 365 g/mol. The summed E-state index contributed by atoms with van der Waals surface area (Å²) in [5, 5.41) is 2.83. The van der Waals surface area contributed by atoms with Crippen molar-refractivity contribution in [2.75, 3.05) is 20.1 Å². The fraction of sp³-hybridized carbons (Fsp3) is 0.409. The van der Waals surface area contributed by atoms with Crippen LogP contribution in [0.4, 0.5) is 0 Å². The number of carbonyl (C=O) groups is 2. The van der Waals surface area contributed by atoms with Gasteiger partial charge in [-0.2, -0.15) is 0 Å². The summed E-state index contributed by atoms with van der Waals surface area (Å²) in [5.41, 5.74) is 2.75. The Kier molecular flexibility index (Phi) is 5.89. The fourth-order valence-corrected chi connectivity index (χ4v) is 4.04. The van der Waals surface area contributed by atoms with E-state index in [-0.39, 0.29) is 11.8 Å². The highest BCUT2D eigenvalue weighted by Gasteiger charge is 2.42. The second-order valence-electron chi connectivity index (χ2n) is 7.24. The number of aromatic nitrogens is 1. The van der Waals surface area contributed by atoms with E-state index in [1.54, 1.807) is 19.4 Å². The van der Waals surface area contributed by atoms with Gasteiger partial charge in [0, 0.05) is 39.0 Å². The molecule has 0 unspecified atom stereocenters. The van der Waals surface area contributed by atoms with Crippen LogP contribution in [0.3, 0.4) is 0 Å². The van der Waals surface area contributed by atoms with E-state index in [2.05, 4.69) is 28.5 Å². The molecule has 2 amide bonds. The largest absolute Gasteiger partial charge is 0.359 e. The number of amides is 2. The first-order valence-corrected chi connectivity index (χ1v) is 9.57. The van der Waals surface area contributed by atoms with Crippen LogP contribution in [-0.4, -0.2) is 41.8 Å². The summed E-state index contributed by atoms with van der Waals surface area (Å²) < 4.78 is 0. The Hall–Kier alpha value is -2.69. The maximum atomic E-state index is 12.8. The van der Waals surface area contributed by atoms with Gasteiger partial charge >= 0.3 is 0 Å². The van der Waals surface area contributed by atoms with Crippen LogP contribution in [0.1, 0.15) is 31.7 Å². The maximum Gasteiger partial charge on any atom is 0.228 e. The van der Waals surface area contributed by atoms with Crippen LogP contribution in [0.25, 0.3) is 11.1 Å². The summed E-state index contributed by atoms with van der Waals surface area (Å²) in [6, 6.07) is 12.3. The topological polar surface area (TPSA) is 62.3 Å². The standard InChI is InChI=1S/C22H27N3O2/c1-3-20(26)25-13-5-10-22(16-25,21(27)23-2)15-17-6-4-7-19(14-17)18-8-11-24-12-9-18/h4,6-9,11-12,14H,3,5,10,13,15-16H2,1-2H3,(H,23,27)/t22-/m0/s1. The van der Waals surface area contributed by atoms with Crippen molar-refractivity contribution in [3.8, 4) is 11.1 Å². The average Bonchev–Trinajstić information content (AvgIpc) is 2.73. The Balaban J connectivity index is 1.89. The lowest BCUT2D eigenvalue weighted by molar-refractivity contribution is -0.141. The van der Waals surface area contributed by atoms with E-state index in [1.165, 1.54) is 0 Å². The number of rotatable bonds is 5. The molecule has 1 saturated heterocycles. The Bertz CT molecular complexity index is 806. The summed E-state index contributed by atoms with van der Waals surface area (Å²) in [6.07, 6.45) is 6.30. The number of benzene rings is 1. The Morgan fingerprint density at radius 3 is 2.67 bits per heavy atom. The zero-order valence-electron chi connectivity index (χ0n) is 16.1. The van der Waals surface area contributed by atoms with Gasteiger partial charge in [0.1, 0.15) is 0 Å². The van der Waals surface area contributed by atoms with Crippen molar-refractivity contribution in [1.29, 1.82) is 0 Å². The van der Waals surface area contributed by atoms with Gasteiger partial charge < -0.3 is 10.2 Å². The highest BCUT2D eigenvalue weighted by molar-refractivity contribution is 5.84. The molecule has 0 aliphatic carbocycles. The normalized spacial score (nSPS) is 19.6. The smallest absolute Gasteiger partial charge is 0.228 e. The van der Waals surface area contributed by atoms with Gasteiger partial charge in [-0.15, -0.1) is 0 Å². The quantitative estimate of drug-likeness (QED) is 0.886. The number of pyridine rings is 1. The predicted octanol–water partition coefficient (Wildman–Crippen LogP) is 3.06. The molecule has 5 nitrogen and oxygen atoms in total. The minimum absolute atomic E-state index is 0.0189. The fourth-order valence-electron chi connectivity index (χ4n) is 4.04. The number of piperidine rings is 1. The van der Waals surface area contributed by atoms with E-state index in [1.807, 2.05) is 30.0 Å². The van der Waals surface area contributed by atoms with Crippen molar-refractivity contribution in [2.45, 2.75) is 32.6 Å². The molecule has 2 aromatic rings. The van der Waals surface area contributed by atoms with E-state index >= 15 is 0 Å². The molecule has 5 heteroatoms. The van der Waals surface area contributed by atoms with Gasteiger partial charge in [-0.05, 0) is 48.1 Å². The molecule has 1 aliphatic rings. The van der Waals surface area contributed by atoms with Gasteiger partial charge in [-0.1, -0.05) is 31.2 Å². The highest BCUT2D eigenvalue weighted by atomic mass is 16.2. The Morgan fingerprint density at radius 1 is 1.19 bits per heavy atom. The molecule has 1 atom stereocenters. The first-order valence-electron chi connectivity index (χ1n) is 9.57. The van der Waals surface area contributed by atoms with Crippen molar-refractivity contribution < 1.29 is 9.59 Å². The third-order valence-electron chi connectivity index (χ3n) is 5.42. The summed E-state index contributed by atoms with van der Waals surface area (Å²) in [6.45, 7) is 3.10. The molecule has 0 spiro atoms. The first-order chi connectivity index (χ1) is 13.1. The van der Waals surface area contributed by atoms with E-state index < -0.39 is 5.41 Å². The molecule has 0 radical (unpaired) electrons. The van der Waals surface area contributed by atoms with Crippen LogP contribution in [0.5, 0.6) is 0 Å². The second kappa shape index (κ2) is 8.33. The molecule has 1 N–H and O–H groups in total. The van der Waals surface area contributed by atoms with E-state index in [9.17, 15) is 9.59 Å². The molecule has 1 aromatic heterocycles. The monoisotopic (exact) mass is 365 g/mol. The van der Waals surface area contributed by atoms with Crippen molar-refractivity contribution in [2.24, 2.45) is 5.41 Å². The van der Waals surface area contributed by atoms with Gasteiger partial charge in [-0.3, -0.25) is 14.6 Å². The third-order valence-corrected chi connectivity index (χ3v) is 5.42. The molecule has 142 valence electrons. The minimum atomic E-state index is -0.575. The molecule has 1 fully saturated rings. The molecule has 0 saturated carbocycles. The zero-order chi connectivity index (χ0) is 19.3. The van der Waals surface area contributed by atoms with Crippen molar-refractivity contribution in [1.82, 2.24) is 15.2 Å². The van der Waals surface area contributed by atoms with Crippen LogP contribution >= 0.6 is 0 Å². The Morgan fingerprint density at radius 2 is 1.96 bits per heavy atom. The Labute approximate surface area is 160 Å². The SMILES string of the molecule is CCC(=O)N1CCC[C@@](Cc2cccc(-c3ccncc3)c2)(C(=O)NC)C1. The van der Waals surface area contributed by atoms with Crippen LogP contribution < -0.4 is 5.32 Å². The summed E-state index contributed by atoms with van der Waals surface area (Å²) in [4.78, 5) is 31.0. The van der Waals surface area contributed by atoms with Gasteiger partial charge in [0.05, 0.1) is 5.41 Å². The number of hydrogen-bond donors (Lipinski definition) is 1. The number of hydrogen-bond acceptors (Lipinski definition) is 3. The molecule has 3 rings (SSSR count). The number of nitrogens with zero attached hydrogens (tertiary/aromatic N) is 2. The lowest BCUT2D eigenvalue weighted by Gasteiger charge is -2.41. The number of carbonyl (C=O) groups excluding carboxylic acids is 2. The van der Waals surface area contributed by atoms with Crippen LogP contribution in [0.2, 0.25) is 0 Å². The molecule has 2 heterocycles. The lowest BCUT2D eigenvalue weighted by Crippen LogP contribution is -2.53. The van der Waals surface area contributed by atoms with E-state index in [0.29, 0.717) is 19.4 Å².